The van der Waals surface area contributed by atoms with Gasteiger partial charge < -0.3 is 18.9 Å². The number of hydrogen-bond donors (Lipinski definition) is 0. The number of carbonyl (C=O) groups excluding carboxylic acids is 1. The predicted molar refractivity (Wildman–Crippen MR) is 172 cm³/mol. The van der Waals surface area contributed by atoms with Crippen molar-refractivity contribution < 1.29 is 14.3 Å². The summed E-state index contributed by atoms with van der Waals surface area (Å²) in [6.45, 7) is 9.18. The number of thioether (sulfide) groups is 1. The summed E-state index contributed by atoms with van der Waals surface area (Å²) in [4.78, 5) is 22.5. The second-order valence-corrected chi connectivity index (χ2v) is 11.9. The molecule has 2 aliphatic rings. The number of unbranched alkanes of at least 4 members (excludes halogenated alkanes) is 1. The number of imidazole rings is 1. The summed E-state index contributed by atoms with van der Waals surface area (Å²) in [6, 6.07) is 27.0. The molecule has 6 rings (SSSR count). The lowest BCUT2D eigenvalue weighted by atomic mass is 10.0. The molecule has 222 valence electrons. The Morgan fingerprint density at radius 2 is 1.60 bits per heavy atom. The SMILES string of the molecule is C=CCn1c(SCCCCC(=O)N2CCN(Cc3ccc4c(c3)OCO4)CC2)nc(-c2ccccc2)c1-c1ccccc1. The largest absolute Gasteiger partial charge is 0.454 e. The van der Waals surface area contributed by atoms with Gasteiger partial charge in [-0.05, 0) is 30.5 Å². The summed E-state index contributed by atoms with van der Waals surface area (Å²) in [7, 11) is 0. The molecule has 1 saturated heterocycles. The van der Waals surface area contributed by atoms with Crippen molar-refractivity contribution in [3.8, 4) is 34.0 Å². The van der Waals surface area contributed by atoms with Gasteiger partial charge in [0.15, 0.2) is 16.7 Å². The molecule has 0 unspecified atom stereocenters. The average Bonchev–Trinajstić information content (AvgIpc) is 3.67. The fourth-order valence-electron chi connectivity index (χ4n) is 5.68. The lowest BCUT2D eigenvalue weighted by molar-refractivity contribution is -0.133. The summed E-state index contributed by atoms with van der Waals surface area (Å²) < 4.78 is 13.2. The van der Waals surface area contributed by atoms with E-state index in [1.54, 1.807) is 11.8 Å². The van der Waals surface area contributed by atoms with Crippen LogP contribution in [-0.4, -0.2) is 64.0 Å². The van der Waals surface area contributed by atoms with Gasteiger partial charge in [0, 0.05) is 62.6 Å². The third kappa shape index (κ3) is 6.98. The first-order valence-corrected chi connectivity index (χ1v) is 16.0. The quantitative estimate of drug-likeness (QED) is 0.103. The van der Waals surface area contributed by atoms with Gasteiger partial charge in [0.05, 0.1) is 11.4 Å². The maximum atomic E-state index is 13.0. The molecule has 0 aliphatic carbocycles. The van der Waals surface area contributed by atoms with Gasteiger partial charge in [0.2, 0.25) is 12.7 Å². The van der Waals surface area contributed by atoms with Gasteiger partial charge in [-0.25, -0.2) is 4.98 Å². The number of amides is 1. The van der Waals surface area contributed by atoms with Crippen LogP contribution in [0, 0.1) is 0 Å². The highest BCUT2D eigenvalue weighted by molar-refractivity contribution is 7.99. The molecule has 0 N–H and O–H groups in total. The van der Waals surface area contributed by atoms with Crippen LogP contribution in [0.2, 0.25) is 0 Å². The highest BCUT2D eigenvalue weighted by Crippen LogP contribution is 2.36. The highest BCUT2D eigenvalue weighted by Gasteiger charge is 2.23. The van der Waals surface area contributed by atoms with Crippen LogP contribution >= 0.6 is 11.8 Å². The van der Waals surface area contributed by atoms with Crippen molar-refractivity contribution in [1.82, 2.24) is 19.4 Å². The van der Waals surface area contributed by atoms with Gasteiger partial charge in [-0.3, -0.25) is 9.69 Å². The molecule has 3 aromatic carbocycles. The van der Waals surface area contributed by atoms with Gasteiger partial charge in [-0.1, -0.05) is 84.6 Å². The van der Waals surface area contributed by atoms with Gasteiger partial charge in [-0.15, -0.1) is 6.58 Å². The molecule has 8 heteroatoms. The zero-order chi connectivity index (χ0) is 29.4. The summed E-state index contributed by atoms with van der Waals surface area (Å²) in [6.07, 6.45) is 4.36. The number of ether oxygens (including phenoxy) is 2. The van der Waals surface area contributed by atoms with E-state index in [0.717, 1.165) is 90.5 Å². The van der Waals surface area contributed by atoms with Gasteiger partial charge in [0.25, 0.3) is 0 Å². The number of nitrogens with zero attached hydrogens (tertiary/aromatic N) is 4. The fraction of sp³-hybridized carbons (Fsp3) is 0.314. The Balaban J connectivity index is 1.00. The molecule has 2 aliphatic heterocycles. The second kappa shape index (κ2) is 14.0. The Hall–Kier alpha value is -4.01. The predicted octanol–water partition coefficient (Wildman–Crippen LogP) is 6.74. The van der Waals surface area contributed by atoms with Crippen molar-refractivity contribution >= 4 is 17.7 Å². The van der Waals surface area contributed by atoms with Crippen molar-refractivity contribution in [2.45, 2.75) is 37.5 Å². The maximum Gasteiger partial charge on any atom is 0.231 e. The van der Waals surface area contributed by atoms with Crippen LogP contribution in [0.25, 0.3) is 22.5 Å². The van der Waals surface area contributed by atoms with Crippen molar-refractivity contribution in [3.05, 3.63) is 97.1 Å². The van der Waals surface area contributed by atoms with Gasteiger partial charge in [0.1, 0.15) is 0 Å². The minimum atomic E-state index is 0.263. The van der Waals surface area contributed by atoms with E-state index in [1.165, 1.54) is 5.56 Å². The molecule has 0 radical (unpaired) electrons. The van der Waals surface area contributed by atoms with Crippen molar-refractivity contribution in [2.24, 2.45) is 0 Å². The van der Waals surface area contributed by atoms with Crippen molar-refractivity contribution in [2.75, 3.05) is 38.7 Å². The normalized spacial score (nSPS) is 14.7. The van der Waals surface area contributed by atoms with Gasteiger partial charge >= 0.3 is 0 Å². The van der Waals surface area contributed by atoms with Crippen LogP contribution in [0.5, 0.6) is 11.5 Å². The molecule has 1 fully saturated rings. The Kier molecular flexibility index (Phi) is 9.45. The third-order valence-corrected chi connectivity index (χ3v) is 8.99. The van der Waals surface area contributed by atoms with Gasteiger partial charge in [-0.2, -0.15) is 0 Å². The van der Waals surface area contributed by atoms with Crippen molar-refractivity contribution in [1.29, 1.82) is 0 Å². The Bertz CT molecular complexity index is 1530. The minimum absolute atomic E-state index is 0.263. The Morgan fingerprint density at radius 1 is 0.884 bits per heavy atom. The monoisotopic (exact) mass is 594 g/mol. The standard InChI is InChI=1S/C35H38N4O3S/c1-2-18-39-34(29-13-7-4-8-14-29)33(28-11-5-3-6-12-28)36-35(39)43-23-10-9-15-32(40)38-21-19-37(20-22-38)25-27-16-17-30-31(24-27)42-26-41-30/h2-8,11-14,16-17,24H,1,9-10,15,18-23,25-26H2. The molecular weight excluding hydrogens is 556 g/mol. The van der Waals surface area contributed by atoms with Crippen LogP contribution in [0.3, 0.4) is 0 Å². The zero-order valence-corrected chi connectivity index (χ0v) is 25.3. The molecule has 0 saturated carbocycles. The Morgan fingerprint density at radius 3 is 2.35 bits per heavy atom. The van der Waals surface area contributed by atoms with E-state index in [9.17, 15) is 4.79 Å². The number of fused-ring (bicyclic) bond motifs is 1. The van der Waals surface area contributed by atoms with Crippen LogP contribution in [-0.2, 0) is 17.9 Å². The van der Waals surface area contributed by atoms with E-state index in [0.29, 0.717) is 19.8 Å². The average molecular weight is 595 g/mol. The number of hydrogen-bond acceptors (Lipinski definition) is 6. The number of benzene rings is 3. The number of allylic oxidation sites excluding steroid dienone is 1. The highest BCUT2D eigenvalue weighted by atomic mass is 32.2. The van der Waals surface area contributed by atoms with E-state index in [2.05, 4.69) is 76.7 Å². The Labute approximate surface area is 258 Å². The zero-order valence-electron chi connectivity index (χ0n) is 24.5. The van der Waals surface area contributed by atoms with Crippen LogP contribution in [0.4, 0.5) is 0 Å². The summed E-state index contributed by atoms with van der Waals surface area (Å²) in [5.74, 6) is 2.81. The molecule has 1 amide bonds. The smallest absolute Gasteiger partial charge is 0.231 e. The summed E-state index contributed by atoms with van der Waals surface area (Å²) in [5, 5.41) is 0.988. The first kappa shape index (κ1) is 29.1. The first-order valence-electron chi connectivity index (χ1n) is 15.0. The minimum Gasteiger partial charge on any atom is -0.454 e. The number of piperazine rings is 1. The van der Waals surface area contributed by atoms with E-state index >= 15 is 0 Å². The lowest BCUT2D eigenvalue weighted by Gasteiger charge is -2.34. The van der Waals surface area contributed by atoms with Crippen LogP contribution < -0.4 is 9.47 Å². The van der Waals surface area contributed by atoms with E-state index < -0.39 is 0 Å². The maximum absolute atomic E-state index is 13.0. The number of carbonyl (C=O) groups is 1. The fourth-order valence-corrected chi connectivity index (χ4v) is 6.69. The van der Waals surface area contributed by atoms with E-state index in [-0.39, 0.29) is 5.91 Å². The van der Waals surface area contributed by atoms with E-state index in [1.807, 2.05) is 29.2 Å². The molecule has 3 heterocycles. The number of rotatable bonds is 12. The molecule has 7 nitrogen and oxygen atoms in total. The molecule has 4 aromatic rings. The third-order valence-electron chi connectivity index (χ3n) is 7.92. The van der Waals surface area contributed by atoms with Crippen molar-refractivity contribution in [3.63, 3.8) is 0 Å². The summed E-state index contributed by atoms with van der Waals surface area (Å²) >= 11 is 1.76. The topological polar surface area (TPSA) is 59.8 Å². The lowest BCUT2D eigenvalue weighted by Crippen LogP contribution is -2.48. The van der Waals surface area contributed by atoms with Crippen LogP contribution in [0.1, 0.15) is 24.8 Å². The molecule has 0 spiro atoms. The molecule has 43 heavy (non-hydrogen) atoms. The molecule has 1 aromatic heterocycles. The molecule has 0 atom stereocenters. The second-order valence-electron chi connectivity index (χ2n) is 10.9. The first-order chi connectivity index (χ1) is 21.2. The van der Waals surface area contributed by atoms with Crippen LogP contribution in [0.15, 0.2) is 96.7 Å². The molecular formula is C35H38N4O3S. The summed E-state index contributed by atoms with van der Waals surface area (Å²) in [5.41, 5.74) is 5.56. The number of aromatic nitrogens is 2. The molecule has 0 bridgehead atoms. The van der Waals surface area contributed by atoms with E-state index in [4.69, 9.17) is 14.5 Å².